The van der Waals surface area contributed by atoms with E-state index in [1.54, 1.807) is 0 Å². The molecule has 0 spiro atoms. The van der Waals surface area contributed by atoms with Crippen LogP contribution in [0, 0.1) is 6.92 Å². The lowest BCUT2D eigenvalue weighted by Gasteiger charge is -2.40. The normalized spacial score (nSPS) is 16.5. The second kappa shape index (κ2) is 5.40. The van der Waals surface area contributed by atoms with E-state index in [1.165, 1.54) is 0 Å². The van der Waals surface area contributed by atoms with Crippen LogP contribution in [0.2, 0.25) is 0 Å². The van der Waals surface area contributed by atoms with Crippen molar-refractivity contribution in [2.45, 2.75) is 31.6 Å². The molecule has 1 aromatic carbocycles. The number of benzene rings is 1. The van der Waals surface area contributed by atoms with Crippen molar-refractivity contribution in [3.8, 4) is 0 Å². The number of nitrogens with one attached hydrogen (secondary N) is 1. The third kappa shape index (κ3) is 2.76. The first kappa shape index (κ1) is 13.5. The van der Waals surface area contributed by atoms with Gasteiger partial charge >= 0.3 is 0 Å². The van der Waals surface area contributed by atoms with Gasteiger partial charge in [-0.25, -0.2) is 5.48 Å². The summed E-state index contributed by atoms with van der Waals surface area (Å²) in [5.41, 5.74) is 8.88. The summed E-state index contributed by atoms with van der Waals surface area (Å²) in [6.07, 6.45) is 2.60. The summed E-state index contributed by atoms with van der Waals surface area (Å²) in [6, 6.07) is 7.92. The zero-order chi connectivity index (χ0) is 13.9. The van der Waals surface area contributed by atoms with E-state index in [-0.39, 0.29) is 12.5 Å². The maximum absolute atomic E-state index is 12.3. The van der Waals surface area contributed by atoms with E-state index < -0.39 is 11.3 Å². The molecule has 0 heterocycles. The van der Waals surface area contributed by atoms with Crippen LogP contribution in [0.5, 0.6) is 0 Å². The van der Waals surface area contributed by atoms with Gasteiger partial charge in [-0.2, -0.15) is 0 Å². The van der Waals surface area contributed by atoms with Crippen LogP contribution in [-0.2, 0) is 19.8 Å². The van der Waals surface area contributed by atoms with Crippen LogP contribution in [0.3, 0.4) is 0 Å². The SMILES string of the molecule is Cc1cccc(C2(C(=O)NOCC(N)=O)CCC2)c1. The Balaban J connectivity index is 2.10. The Kier molecular flexibility index (Phi) is 3.85. The Labute approximate surface area is 112 Å². The topological polar surface area (TPSA) is 81.4 Å². The van der Waals surface area contributed by atoms with Gasteiger partial charge in [-0.05, 0) is 25.3 Å². The molecule has 0 atom stereocenters. The molecule has 2 rings (SSSR count). The molecule has 0 bridgehead atoms. The molecule has 5 nitrogen and oxygen atoms in total. The Hall–Kier alpha value is -1.88. The maximum atomic E-state index is 12.3. The highest BCUT2D eigenvalue weighted by molar-refractivity contribution is 5.88. The summed E-state index contributed by atoms with van der Waals surface area (Å²) < 4.78 is 0. The number of aryl methyl sites for hydroxylation is 1. The Morgan fingerprint density at radius 3 is 2.68 bits per heavy atom. The Morgan fingerprint density at radius 2 is 2.16 bits per heavy atom. The first-order valence-electron chi connectivity index (χ1n) is 6.32. The molecule has 2 amide bonds. The number of hydrogen-bond donors (Lipinski definition) is 2. The zero-order valence-corrected chi connectivity index (χ0v) is 10.9. The highest BCUT2D eigenvalue weighted by atomic mass is 16.7. The standard InChI is InChI=1S/C14H18N2O3/c1-10-4-2-5-11(8-10)14(6-3-7-14)13(18)16-19-9-12(15)17/h2,4-5,8H,3,6-7,9H2,1H3,(H2,15,17)(H,16,18). The fraction of sp³-hybridized carbons (Fsp3) is 0.429. The van der Waals surface area contributed by atoms with Crippen LogP contribution in [0.1, 0.15) is 30.4 Å². The molecule has 1 aromatic rings. The number of hydroxylamine groups is 1. The van der Waals surface area contributed by atoms with Gasteiger partial charge < -0.3 is 5.73 Å². The molecule has 3 N–H and O–H groups in total. The summed E-state index contributed by atoms with van der Waals surface area (Å²) in [4.78, 5) is 27.6. The minimum Gasteiger partial charge on any atom is -0.368 e. The third-order valence-corrected chi connectivity index (χ3v) is 3.59. The van der Waals surface area contributed by atoms with Crippen molar-refractivity contribution in [1.82, 2.24) is 5.48 Å². The number of nitrogens with two attached hydrogens (primary N) is 1. The summed E-state index contributed by atoms with van der Waals surface area (Å²) >= 11 is 0. The summed E-state index contributed by atoms with van der Waals surface area (Å²) in [5, 5.41) is 0. The van der Waals surface area contributed by atoms with Gasteiger partial charge in [0, 0.05) is 0 Å². The van der Waals surface area contributed by atoms with Crippen molar-refractivity contribution >= 4 is 11.8 Å². The van der Waals surface area contributed by atoms with Crippen molar-refractivity contribution in [1.29, 1.82) is 0 Å². The first-order chi connectivity index (χ1) is 9.04. The fourth-order valence-electron chi connectivity index (χ4n) is 2.39. The molecule has 19 heavy (non-hydrogen) atoms. The number of amides is 2. The van der Waals surface area contributed by atoms with Gasteiger partial charge in [0.15, 0.2) is 6.61 Å². The smallest absolute Gasteiger partial charge is 0.254 e. The van der Waals surface area contributed by atoms with Crippen molar-refractivity contribution in [3.05, 3.63) is 35.4 Å². The predicted octanol–water partition coefficient (Wildman–Crippen LogP) is 0.950. The second-order valence-electron chi connectivity index (χ2n) is 4.99. The Morgan fingerprint density at radius 1 is 1.42 bits per heavy atom. The second-order valence-corrected chi connectivity index (χ2v) is 4.99. The van der Waals surface area contributed by atoms with Crippen molar-refractivity contribution in [2.75, 3.05) is 6.61 Å². The molecule has 0 saturated heterocycles. The number of carbonyl (C=O) groups is 2. The first-order valence-corrected chi connectivity index (χ1v) is 6.32. The molecule has 102 valence electrons. The average molecular weight is 262 g/mol. The van der Waals surface area contributed by atoms with E-state index in [2.05, 4.69) is 5.48 Å². The van der Waals surface area contributed by atoms with Crippen LogP contribution < -0.4 is 11.2 Å². The third-order valence-electron chi connectivity index (χ3n) is 3.59. The highest BCUT2D eigenvalue weighted by Crippen LogP contribution is 2.44. The number of rotatable bonds is 5. The minimum atomic E-state index is -0.612. The largest absolute Gasteiger partial charge is 0.368 e. The molecular weight excluding hydrogens is 244 g/mol. The van der Waals surface area contributed by atoms with Gasteiger partial charge in [0.2, 0.25) is 5.91 Å². The van der Waals surface area contributed by atoms with Gasteiger partial charge in [-0.1, -0.05) is 36.2 Å². The van der Waals surface area contributed by atoms with Crippen molar-refractivity contribution in [3.63, 3.8) is 0 Å². The molecule has 0 unspecified atom stereocenters. The summed E-state index contributed by atoms with van der Waals surface area (Å²) in [7, 11) is 0. The van der Waals surface area contributed by atoms with Crippen LogP contribution in [0.25, 0.3) is 0 Å². The van der Waals surface area contributed by atoms with Crippen molar-refractivity contribution < 1.29 is 14.4 Å². The quantitative estimate of drug-likeness (QED) is 0.775. The molecule has 1 aliphatic carbocycles. The van der Waals surface area contributed by atoms with Crippen LogP contribution in [0.15, 0.2) is 24.3 Å². The van der Waals surface area contributed by atoms with E-state index in [0.717, 1.165) is 30.4 Å². The number of primary amides is 1. The predicted molar refractivity (Wildman–Crippen MR) is 70.0 cm³/mol. The number of hydrogen-bond acceptors (Lipinski definition) is 3. The molecule has 0 aliphatic heterocycles. The zero-order valence-electron chi connectivity index (χ0n) is 10.9. The van der Waals surface area contributed by atoms with Crippen LogP contribution in [0.4, 0.5) is 0 Å². The molecule has 0 aromatic heterocycles. The molecule has 5 heteroatoms. The minimum absolute atomic E-state index is 0.203. The van der Waals surface area contributed by atoms with Crippen LogP contribution >= 0.6 is 0 Å². The van der Waals surface area contributed by atoms with Gasteiger partial charge in [0.1, 0.15) is 0 Å². The maximum Gasteiger partial charge on any atom is 0.254 e. The number of carbonyl (C=O) groups excluding carboxylic acids is 2. The Bertz CT molecular complexity index is 495. The average Bonchev–Trinajstić information content (AvgIpc) is 2.27. The van der Waals surface area contributed by atoms with E-state index in [0.29, 0.717) is 0 Å². The van der Waals surface area contributed by atoms with Gasteiger partial charge in [-0.15, -0.1) is 0 Å². The van der Waals surface area contributed by atoms with E-state index in [9.17, 15) is 9.59 Å². The molecule has 0 radical (unpaired) electrons. The molecule has 1 saturated carbocycles. The van der Waals surface area contributed by atoms with Crippen LogP contribution in [-0.4, -0.2) is 18.4 Å². The van der Waals surface area contributed by atoms with E-state index >= 15 is 0 Å². The monoisotopic (exact) mass is 262 g/mol. The lowest BCUT2D eigenvalue weighted by Crippen LogP contribution is -2.49. The van der Waals surface area contributed by atoms with Gasteiger partial charge in [0.05, 0.1) is 5.41 Å². The van der Waals surface area contributed by atoms with E-state index in [4.69, 9.17) is 10.6 Å². The van der Waals surface area contributed by atoms with Crippen molar-refractivity contribution in [2.24, 2.45) is 5.73 Å². The highest BCUT2D eigenvalue weighted by Gasteiger charge is 2.45. The van der Waals surface area contributed by atoms with E-state index in [1.807, 2.05) is 31.2 Å². The lowest BCUT2D eigenvalue weighted by molar-refractivity contribution is -0.145. The lowest BCUT2D eigenvalue weighted by atomic mass is 9.64. The fourth-order valence-corrected chi connectivity index (χ4v) is 2.39. The molecular formula is C14H18N2O3. The van der Waals surface area contributed by atoms with Gasteiger partial charge in [-0.3, -0.25) is 14.4 Å². The summed E-state index contributed by atoms with van der Waals surface area (Å²) in [5.74, 6) is -0.816. The summed E-state index contributed by atoms with van der Waals surface area (Å²) in [6.45, 7) is 1.69. The molecule has 1 fully saturated rings. The van der Waals surface area contributed by atoms with Gasteiger partial charge in [0.25, 0.3) is 5.91 Å². The molecule has 1 aliphatic rings.